The van der Waals surface area contributed by atoms with Gasteiger partial charge in [-0.1, -0.05) is 13.0 Å². The molecule has 2 unspecified atom stereocenters. The Kier molecular flexibility index (Phi) is 4.10. The Morgan fingerprint density at radius 3 is 2.79 bits per heavy atom. The average Bonchev–Trinajstić information content (AvgIpc) is 2.40. The van der Waals surface area contributed by atoms with E-state index in [4.69, 9.17) is 4.74 Å². The van der Waals surface area contributed by atoms with Crippen LogP contribution in [0.5, 0.6) is 5.75 Å². The monoisotopic (exact) mass is 263 g/mol. The topological polar surface area (TPSA) is 49.8 Å². The molecule has 1 saturated heterocycles. The number of nitrogens with zero attached hydrogens (tertiary/aromatic N) is 1. The molecule has 0 spiro atoms. The molecule has 1 heterocycles. The van der Waals surface area contributed by atoms with Crippen molar-refractivity contribution in [1.29, 1.82) is 0 Å². The molecule has 2 rings (SSSR count). The number of anilines is 1. The van der Waals surface area contributed by atoms with E-state index in [2.05, 4.69) is 11.8 Å². The molecule has 0 aromatic heterocycles. The number of aliphatic hydroxyl groups is 1. The summed E-state index contributed by atoms with van der Waals surface area (Å²) in [6.07, 6.45) is 0.579. The van der Waals surface area contributed by atoms with Crippen LogP contribution in [-0.2, 0) is 0 Å². The molecule has 1 fully saturated rings. The van der Waals surface area contributed by atoms with Gasteiger partial charge in [-0.15, -0.1) is 0 Å². The molecular formula is C15H21NO3. The van der Waals surface area contributed by atoms with Gasteiger partial charge in [0.25, 0.3) is 0 Å². The minimum absolute atomic E-state index is 0.0134. The van der Waals surface area contributed by atoms with Gasteiger partial charge in [0.1, 0.15) is 5.75 Å². The number of aliphatic hydroxyl groups excluding tert-OH is 1. The van der Waals surface area contributed by atoms with Crippen molar-refractivity contribution in [3.05, 3.63) is 23.8 Å². The van der Waals surface area contributed by atoms with Crippen LogP contribution in [0, 0.1) is 5.92 Å². The minimum atomic E-state index is -0.347. The fourth-order valence-corrected chi connectivity index (χ4v) is 2.57. The van der Waals surface area contributed by atoms with E-state index in [9.17, 15) is 9.90 Å². The smallest absolute Gasteiger partial charge is 0.165 e. The molecule has 2 atom stereocenters. The summed E-state index contributed by atoms with van der Waals surface area (Å²) >= 11 is 0. The number of methoxy groups -OCH3 is 1. The van der Waals surface area contributed by atoms with Crippen LogP contribution in [0.25, 0.3) is 0 Å². The third-order valence-electron chi connectivity index (χ3n) is 3.84. The molecule has 19 heavy (non-hydrogen) atoms. The first kappa shape index (κ1) is 13.9. The Morgan fingerprint density at radius 2 is 2.21 bits per heavy atom. The van der Waals surface area contributed by atoms with Gasteiger partial charge in [-0.3, -0.25) is 4.79 Å². The van der Waals surface area contributed by atoms with E-state index in [1.807, 2.05) is 12.1 Å². The number of hydrogen-bond donors (Lipinski definition) is 1. The number of piperidine rings is 1. The lowest BCUT2D eigenvalue weighted by Crippen LogP contribution is -2.43. The van der Waals surface area contributed by atoms with Crippen molar-refractivity contribution in [2.45, 2.75) is 26.4 Å². The summed E-state index contributed by atoms with van der Waals surface area (Å²) in [5.41, 5.74) is 1.46. The molecule has 1 aromatic carbocycles. The normalized spacial score (nSPS) is 23.3. The van der Waals surface area contributed by atoms with Gasteiger partial charge in [0.15, 0.2) is 5.78 Å². The van der Waals surface area contributed by atoms with Gasteiger partial charge in [0, 0.05) is 13.1 Å². The van der Waals surface area contributed by atoms with Gasteiger partial charge < -0.3 is 14.7 Å². The molecule has 1 aliphatic heterocycles. The van der Waals surface area contributed by atoms with E-state index < -0.39 is 0 Å². The van der Waals surface area contributed by atoms with E-state index in [0.29, 0.717) is 23.8 Å². The molecule has 0 amide bonds. The lowest BCUT2D eigenvalue weighted by Gasteiger charge is -2.36. The van der Waals surface area contributed by atoms with E-state index >= 15 is 0 Å². The SMILES string of the molecule is COc1cccc(N2CCC(C)C(O)C2)c1C(C)=O. The number of Topliss-reactive ketones (excluding diaryl/α,β-unsaturated/α-hetero) is 1. The number of hydrogen-bond acceptors (Lipinski definition) is 4. The molecule has 104 valence electrons. The standard InChI is InChI=1S/C15H21NO3/c1-10-7-8-16(9-13(10)18)12-5-4-6-14(19-3)15(12)11(2)17/h4-6,10,13,18H,7-9H2,1-3H3. The Balaban J connectivity index is 2.37. The first-order valence-electron chi connectivity index (χ1n) is 6.65. The van der Waals surface area contributed by atoms with Crippen LogP contribution in [0.4, 0.5) is 5.69 Å². The fourth-order valence-electron chi connectivity index (χ4n) is 2.57. The van der Waals surface area contributed by atoms with Crippen molar-refractivity contribution in [3.8, 4) is 5.75 Å². The van der Waals surface area contributed by atoms with Crippen LogP contribution >= 0.6 is 0 Å². The fraction of sp³-hybridized carbons (Fsp3) is 0.533. The molecule has 1 aromatic rings. The Hall–Kier alpha value is -1.55. The Morgan fingerprint density at radius 1 is 1.47 bits per heavy atom. The predicted molar refractivity (Wildman–Crippen MR) is 75.0 cm³/mol. The molecule has 1 aliphatic rings. The Bertz CT molecular complexity index is 472. The molecule has 4 heteroatoms. The maximum atomic E-state index is 11.9. The van der Waals surface area contributed by atoms with Crippen LogP contribution in [-0.4, -0.2) is 37.2 Å². The maximum Gasteiger partial charge on any atom is 0.165 e. The molecule has 0 bridgehead atoms. The summed E-state index contributed by atoms with van der Waals surface area (Å²) in [6, 6.07) is 5.59. The van der Waals surface area contributed by atoms with Crippen LogP contribution in [0.2, 0.25) is 0 Å². The van der Waals surface area contributed by atoms with Crippen molar-refractivity contribution in [1.82, 2.24) is 0 Å². The zero-order chi connectivity index (χ0) is 14.0. The van der Waals surface area contributed by atoms with Crippen LogP contribution in [0.15, 0.2) is 18.2 Å². The summed E-state index contributed by atoms with van der Waals surface area (Å²) in [4.78, 5) is 13.9. The summed E-state index contributed by atoms with van der Waals surface area (Å²) in [7, 11) is 1.57. The van der Waals surface area contributed by atoms with Crippen LogP contribution in [0.3, 0.4) is 0 Å². The largest absolute Gasteiger partial charge is 0.496 e. The van der Waals surface area contributed by atoms with Gasteiger partial charge >= 0.3 is 0 Å². The second kappa shape index (κ2) is 5.61. The van der Waals surface area contributed by atoms with Gasteiger partial charge in [0.2, 0.25) is 0 Å². The number of ether oxygens (including phenoxy) is 1. The molecule has 0 saturated carbocycles. The second-order valence-electron chi connectivity index (χ2n) is 5.19. The number of carbonyl (C=O) groups is 1. The van der Waals surface area contributed by atoms with Crippen molar-refractivity contribution in [2.75, 3.05) is 25.1 Å². The summed E-state index contributed by atoms with van der Waals surface area (Å²) in [5.74, 6) is 0.890. The van der Waals surface area contributed by atoms with E-state index in [1.54, 1.807) is 20.1 Å². The maximum absolute atomic E-state index is 11.9. The zero-order valence-electron chi connectivity index (χ0n) is 11.7. The summed E-state index contributed by atoms with van der Waals surface area (Å²) in [6.45, 7) is 5.02. The van der Waals surface area contributed by atoms with Gasteiger partial charge in [-0.05, 0) is 31.4 Å². The summed E-state index contributed by atoms with van der Waals surface area (Å²) < 4.78 is 5.28. The van der Waals surface area contributed by atoms with Crippen molar-refractivity contribution >= 4 is 11.5 Å². The first-order chi connectivity index (χ1) is 9.04. The highest BCUT2D eigenvalue weighted by atomic mass is 16.5. The third-order valence-corrected chi connectivity index (χ3v) is 3.84. The number of benzene rings is 1. The summed E-state index contributed by atoms with van der Waals surface area (Å²) in [5, 5.41) is 10.0. The van der Waals surface area contributed by atoms with Gasteiger partial charge in [-0.25, -0.2) is 0 Å². The second-order valence-corrected chi connectivity index (χ2v) is 5.19. The molecule has 0 aliphatic carbocycles. The lowest BCUT2D eigenvalue weighted by molar-refractivity contribution is 0.0994. The van der Waals surface area contributed by atoms with E-state index in [-0.39, 0.29) is 11.9 Å². The number of ketones is 1. The number of rotatable bonds is 3. The zero-order valence-corrected chi connectivity index (χ0v) is 11.7. The predicted octanol–water partition coefficient (Wildman–Crippen LogP) is 2.10. The average molecular weight is 263 g/mol. The highest BCUT2D eigenvalue weighted by Gasteiger charge is 2.27. The lowest BCUT2D eigenvalue weighted by atomic mass is 9.94. The quantitative estimate of drug-likeness (QED) is 0.849. The van der Waals surface area contributed by atoms with E-state index in [1.165, 1.54) is 0 Å². The first-order valence-corrected chi connectivity index (χ1v) is 6.65. The number of β-amino-alcohol motifs (C(OH)–C–C–N with tert-alkyl or cyclic N) is 1. The van der Waals surface area contributed by atoms with Crippen LogP contribution < -0.4 is 9.64 Å². The number of carbonyl (C=O) groups excluding carboxylic acids is 1. The molecule has 4 nitrogen and oxygen atoms in total. The van der Waals surface area contributed by atoms with Crippen LogP contribution in [0.1, 0.15) is 30.6 Å². The molecule has 1 N–H and O–H groups in total. The van der Waals surface area contributed by atoms with Crippen molar-refractivity contribution < 1.29 is 14.6 Å². The van der Waals surface area contributed by atoms with Gasteiger partial charge in [0.05, 0.1) is 24.5 Å². The third kappa shape index (κ3) is 2.73. The van der Waals surface area contributed by atoms with E-state index in [0.717, 1.165) is 18.7 Å². The highest BCUT2D eigenvalue weighted by molar-refractivity contribution is 6.02. The molecular weight excluding hydrogens is 242 g/mol. The molecule has 0 radical (unpaired) electrons. The minimum Gasteiger partial charge on any atom is -0.496 e. The van der Waals surface area contributed by atoms with Gasteiger partial charge in [-0.2, -0.15) is 0 Å². The van der Waals surface area contributed by atoms with Crippen molar-refractivity contribution in [3.63, 3.8) is 0 Å². The highest BCUT2D eigenvalue weighted by Crippen LogP contribution is 2.32. The van der Waals surface area contributed by atoms with Crippen molar-refractivity contribution in [2.24, 2.45) is 5.92 Å². The Labute approximate surface area is 114 Å².